The smallest absolute Gasteiger partial charge is 0.143 e. The summed E-state index contributed by atoms with van der Waals surface area (Å²) < 4.78 is 7.44. The van der Waals surface area contributed by atoms with Crippen molar-refractivity contribution in [2.24, 2.45) is 0 Å². The summed E-state index contributed by atoms with van der Waals surface area (Å²) in [5.41, 5.74) is 15.7. The second-order valence-corrected chi connectivity index (χ2v) is 14.6. The zero-order chi connectivity index (χ0) is 34.7. The van der Waals surface area contributed by atoms with Crippen molar-refractivity contribution in [1.29, 1.82) is 0 Å². The third-order valence-electron chi connectivity index (χ3n) is 11.6. The molecule has 0 bridgehead atoms. The van der Waals surface area contributed by atoms with Gasteiger partial charge in [0.05, 0.1) is 38.8 Å². The average Bonchev–Trinajstić information content (AvgIpc) is 3.90. The maximum Gasteiger partial charge on any atom is 0.143 e. The van der Waals surface area contributed by atoms with E-state index in [1.54, 1.807) is 0 Å². The lowest BCUT2D eigenvalue weighted by Crippen LogP contribution is -2.15. The number of fused-ring (bicyclic) bond motifs is 13. The van der Waals surface area contributed by atoms with E-state index in [1.807, 2.05) is 0 Å². The molecule has 1 aliphatic rings. The number of nitrogens with zero attached hydrogens (tertiary/aromatic N) is 4. The van der Waals surface area contributed by atoms with Crippen molar-refractivity contribution in [3.63, 3.8) is 0 Å². The van der Waals surface area contributed by atoms with E-state index in [-0.39, 0.29) is 5.41 Å². The summed E-state index contributed by atoms with van der Waals surface area (Å²) in [7, 11) is 0. The Morgan fingerprint density at radius 2 is 1.13 bits per heavy atom. The molecule has 11 rings (SSSR count). The lowest BCUT2D eigenvalue weighted by Gasteiger charge is -2.23. The molecule has 0 N–H and O–H groups in total. The standard InChI is InChI=1S/C48H36N4/c1-4-50-40-29-17-13-25-36(40)49-47(50)34-23-11-16-28-39(34)52-38-27-15-10-22-33(38)43-45-42(32-21-9-14-26-37(32)51(45)30-18-6-5-7-19-30)44-41(46(43)52)31-20-8-12-24-35(31)48(44,2)3/h5-29H,4H2,1-3H3. The van der Waals surface area contributed by atoms with Gasteiger partial charge in [0.25, 0.3) is 0 Å². The van der Waals surface area contributed by atoms with Gasteiger partial charge >= 0.3 is 0 Å². The molecular weight excluding hydrogens is 633 g/mol. The summed E-state index contributed by atoms with van der Waals surface area (Å²) in [6.07, 6.45) is 0. The molecule has 0 saturated heterocycles. The third-order valence-corrected chi connectivity index (χ3v) is 11.6. The predicted octanol–water partition coefficient (Wildman–Crippen LogP) is 12.2. The van der Waals surface area contributed by atoms with Crippen molar-refractivity contribution in [3.8, 4) is 33.9 Å². The maximum absolute atomic E-state index is 5.29. The molecular formula is C48H36N4. The fraction of sp³-hybridized carbons (Fsp3) is 0.104. The van der Waals surface area contributed by atoms with Crippen molar-refractivity contribution < 1.29 is 0 Å². The van der Waals surface area contributed by atoms with Crippen LogP contribution in [0.5, 0.6) is 0 Å². The normalized spacial score (nSPS) is 13.5. The first kappa shape index (κ1) is 29.4. The minimum atomic E-state index is -0.235. The van der Waals surface area contributed by atoms with Crippen LogP contribution in [0.2, 0.25) is 0 Å². The molecule has 0 aliphatic heterocycles. The second kappa shape index (κ2) is 10.6. The Morgan fingerprint density at radius 1 is 0.538 bits per heavy atom. The van der Waals surface area contributed by atoms with Crippen LogP contribution in [0.25, 0.3) is 88.5 Å². The Hall–Kier alpha value is -6.39. The van der Waals surface area contributed by atoms with Gasteiger partial charge < -0.3 is 13.7 Å². The number of imidazole rings is 1. The minimum absolute atomic E-state index is 0.235. The molecule has 10 aromatic rings. The van der Waals surface area contributed by atoms with Crippen molar-refractivity contribution in [2.75, 3.05) is 0 Å². The van der Waals surface area contributed by atoms with Gasteiger partial charge in [-0.1, -0.05) is 117 Å². The van der Waals surface area contributed by atoms with E-state index in [9.17, 15) is 0 Å². The molecule has 0 unspecified atom stereocenters. The van der Waals surface area contributed by atoms with Crippen LogP contribution in [0.1, 0.15) is 31.9 Å². The van der Waals surface area contributed by atoms with E-state index in [4.69, 9.17) is 4.98 Å². The molecule has 0 atom stereocenters. The number of rotatable bonds is 4. The second-order valence-electron chi connectivity index (χ2n) is 14.6. The van der Waals surface area contributed by atoms with E-state index >= 15 is 0 Å². The van der Waals surface area contributed by atoms with Crippen LogP contribution in [-0.2, 0) is 12.0 Å². The highest BCUT2D eigenvalue weighted by Crippen LogP contribution is 2.58. The number of aromatic nitrogens is 4. The van der Waals surface area contributed by atoms with E-state index in [2.05, 4.69) is 186 Å². The highest BCUT2D eigenvalue weighted by molar-refractivity contribution is 6.31. The first-order valence-corrected chi connectivity index (χ1v) is 18.3. The molecule has 1 aliphatic carbocycles. The van der Waals surface area contributed by atoms with Crippen molar-refractivity contribution in [2.45, 2.75) is 32.7 Å². The highest BCUT2D eigenvalue weighted by Gasteiger charge is 2.41. The number of hydrogen-bond acceptors (Lipinski definition) is 1. The summed E-state index contributed by atoms with van der Waals surface area (Å²) in [5, 5.41) is 5.14. The summed E-state index contributed by atoms with van der Waals surface area (Å²) >= 11 is 0. The minimum Gasteiger partial charge on any atom is -0.324 e. The van der Waals surface area contributed by atoms with Crippen molar-refractivity contribution in [1.82, 2.24) is 18.7 Å². The molecule has 4 heteroatoms. The van der Waals surface area contributed by atoms with Gasteiger partial charge in [0.15, 0.2) is 0 Å². The fourth-order valence-electron chi connectivity index (χ4n) is 9.51. The van der Waals surface area contributed by atoms with Gasteiger partial charge in [-0.3, -0.25) is 0 Å². The van der Waals surface area contributed by atoms with Crippen LogP contribution in [0.4, 0.5) is 0 Å². The average molecular weight is 669 g/mol. The van der Waals surface area contributed by atoms with E-state index in [1.165, 1.54) is 65.9 Å². The molecule has 3 heterocycles. The molecule has 0 amide bonds. The topological polar surface area (TPSA) is 27.7 Å². The molecule has 0 fully saturated rings. The lowest BCUT2D eigenvalue weighted by atomic mass is 9.80. The van der Waals surface area contributed by atoms with Crippen molar-refractivity contribution >= 4 is 54.6 Å². The van der Waals surface area contributed by atoms with Crippen LogP contribution < -0.4 is 0 Å². The highest BCUT2D eigenvalue weighted by atomic mass is 15.1. The fourth-order valence-corrected chi connectivity index (χ4v) is 9.51. The van der Waals surface area contributed by atoms with E-state index < -0.39 is 0 Å². The Kier molecular flexibility index (Phi) is 5.96. The Balaban J connectivity index is 1.42. The molecule has 0 radical (unpaired) electrons. The first-order chi connectivity index (χ1) is 25.6. The molecule has 0 spiro atoms. The van der Waals surface area contributed by atoms with Crippen LogP contribution >= 0.6 is 0 Å². The van der Waals surface area contributed by atoms with Crippen LogP contribution in [0.15, 0.2) is 152 Å². The Labute approximate surface area is 301 Å². The zero-order valence-corrected chi connectivity index (χ0v) is 29.4. The molecule has 3 aromatic heterocycles. The lowest BCUT2D eigenvalue weighted by molar-refractivity contribution is 0.667. The molecule has 4 nitrogen and oxygen atoms in total. The SMILES string of the molecule is CCn1c(-c2ccccc2-n2c3ccccc3c3c2c2c(c4c5ccccc5n(-c5ccccc5)c43)C(C)(C)c3ccccc3-2)nc2ccccc21. The summed E-state index contributed by atoms with van der Waals surface area (Å²) in [6.45, 7) is 7.88. The van der Waals surface area contributed by atoms with Gasteiger partial charge in [-0.05, 0) is 72.1 Å². The van der Waals surface area contributed by atoms with E-state index in [0.29, 0.717) is 0 Å². The van der Waals surface area contributed by atoms with Crippen LogP contribution in [0.3, 0.4) is 0 Å². The molecule has 52 heavy (non-hydrogen) atoms. The van der Waals surface area contributed by atoms with E-state index in [0.717, 1.165) is 40.3 Å². The molecule has 7 aromatic carbocycles. The summed E-state index contributed by atoms with van der Waals surface area (Å²) in [5.74, 6) is 0.988. The van der Waals surface area contributed by atoms with Crippen LogP contribution in [0, 0.1) is 0 Å². The predicted molar refractivity (Wildman–Crippen MR) is 217 cm³/mol. The summed E-state index contributed by atoms with van der Waals surface area (Å²) in [6, 6.07) is 55.4. The first-order valence-electron chi connectivity index (χ1n) is 18.3. The van der Waals surface area contributed by atoms with Crippen molar-refractivity contribution in [3.05, 3.63) is 163 Å². The number of hydrogen-bond donors (Lipinski definition) is 0. The van der Waals surface area contributed by atoms with Gasteiger partial charge in [0.1, 0.15) is 5.82 Å². The largest absolute Gasteiger partial charge is 0.324 e. The summed E-state index contributed by atoms with van der Waals surface area (Å²) in [4.78, 5) is 5.29. The van der Waals surface area contributed by atoms with Crippen LogP contribution in [-0.4, -0.2) is 18.7 Å². The maximum atomic E-state index is 5.29. The van der Waals surface area contributed by atoms with Gasteiger partial charge in [-0.25, -0.2) is 4.98 Å². The quantitative estimate of drug-likeness (QED) is 0.183. The third kappa shape index (κ3) is 3.68. The Bertz CT molecular complexity index is 3080. The molecule has 0 saturated carbocycles. The monoisotopic (exact) mass is 668 g/mol. The van der Waals surface area contributed by atoms with Gasteiger partial charge in [-0.15, -0.1) is 0 Å². The Morgan fingerprint density at radius 3 is 1.90 bits per heavy atom. The van der Waals surface area contributed by atoms with Gasteiger partial charge in [-0.2, -0.15) is 0 Å². The van der Waals surface area contributed by atoms with Gasteiger partial charge in [0.2, 0.25) is 0 Å². The zero-order valence-electron chi connectivity index (χ0n) is 29.4. The van der Waals surface area contributed by atoms with Gasteiger partial charge in [0, 0.05) is 50.3 Å². The molecule has 248 valence electrons. The number of aryl methyl sites for hydroxylation is 1. The number of benzene rings is 7. The number of para-hydroxylation sites is 6.